The van der Waals surface area contributed by atoms with Crippen molar-refractivity contribution in [3.8, 4) is 6.07 Å². The van der Waals surface area contributed by atoms with Crippen LogP contribution in [0.1, 0.15) is 40.0 Å². The lowest BCUT2D eigenvalue weighted by Crippen LogP contribution is -2.41. The van der Waals surface area contributed by atoms with E-state index in [0.29, 0.717) is 18.4 Å². The fraction of sp³-hybridized carbons (Fsp3) is 0.923. The summed E-state index contributed by atoms with van der Waals surface area (Å²) in [5, 5.41) is 12.3. The van der Waals surface area contributed by atoms with Gasteiger partial charge in [0.05, 0.1) is 12.7 Å². The minimum Gasteiger partial charge on any atom is -0.380 e. The SMILES string of the molecule is CCOCC(NCC1(CC#N)CC1)C(C)C. The van der Waals surface area contributed by atoms with Gasteiger partial charge in [0.25, 0.3) is 0 Å². The maximum atomic E-state index is 8.76. The molecule has 3 nitrogen and oxygen atoms in total. The highest BCUT2D eigenvalue weighted by molar-refractivity contribution is 5.01. The molecule has 1 rings (SSSR count). The van der Waals surface area contributed by atoms with E-state index in [-0.39, 0.29) is 5.41 Å². The average molecular weight is 224 g/mol. The Bertz CT molecular complexity index is 241. The number of hydrogen-bond donors (Lipinski definition) is 1. The summed E-state index contributed by atoms with van der Waals surface area (Å²) in [7, 11) is 0. The number of nitrogens with one attached hydrogen (secondary N) is 1. The molecule has 1 fully saturated rings. The third-order valence-corrected chi connectivity index (χ3v) is 3.46. The Morgan fingerprint density at radius 3 is 2.56 bits per heavy atom. The maximum Gasteiger partial charge on any atom is 0.0628 e. The molecule has 3 heteroatoms. The van der Waals surface area contributed by atoms with Crippen molar-refractivity contribution in [1.29, 1.82) is 5.26 Å². The third kappa shape index (κ3) is 4.11. The number of hydrogen-bond acceptors (Lipinski definition) is 3. The molecule has 0 radical (unpaired) electrons. The molecule has 1 N–H and O–H groups in total. The lowest BCUT2D eigenvalue weighted by molar-refractivity contribution is 0.106. The van der Waals surface area contributed by atoms with Gasteiger partial charge in [0.2, 0.25) is 0 Å². The number of ether oxygens (including phenoxy) is 1. The van der Waals surface area contributed by atoms with E-state index in [9.17, 15) is 0 Å². The van der Waals surface area contributed by atoms with E-state index in [2.05, 4.69) is 25.2 Å². The summed E-state index contributed by atoms with van der Waals surface area (Å²) >= 11 is 0. The predicted molar refractivity (Wildman–Crippen MR) is 65.0 cm³/mol. The van der Waals surface area contributed by atoms with E-state index >= 15 is 0 Å². The van der Waals surface area contributed by atoms with Crippen LogP contribution in [0, 0.1) is 22.7 Å². The van der Waals surface area contributed by atoms with E-state index < -0.39 is 0 Å². The molecule has 0 aliphatic heterocycles. The smallest absolute Gasteiger partial charge is 0.0628 e. The molecule has 0 aromatic carbocycles. The van der Waals surface area contributed by atoms with E-state index in [0.717, 1.165) is 19.8 Å². The first-order chi connectivity index (χ1) is 7.63. The second kappa shape index (κ2) is 6.22. The summed E-state index contributed by atoms with van der Waals surface area (Å²) in [5.74, 6) is 0.574. The summed E-state index contributed by atoms with van der Waals surface area (Å²) in [6, 6.07) is 2.71. The zero-order valence-corrected chi connectivity index (χ0v) is 10.8. The van der Waals surface area contributed by atoms with Crippen LogP contribution >= 0.6 is 0 Å². The quantitative estimate of drug-likeness (QED) is 0.688. The highest BCUT2D eigenvalue weighted by Gasteiger charge is 2.42. The molecule has 16 heavy (non-hydrogen) atoms. The minimum absolute atomic E-state index is 0.286. The third-order valence-electron chi connectivity index (χ3n) is 3.46. The van der Waals surface area contributed by atoms with E-state index in [1.54, 1.807) is 0 Å². The highest BCUT2D eigenvalue weighted by atomic mass is 16.5. The van der Waals surface area contributed by atoms with Gasteiger partial charge in [-0.2, -0.15) is 5.26 Å². The largest absolute Gasteiger partial charge is 0.380 e. The first-order valence-electron chi connectivity index (χ1n) is 6.31. The first kappa shape index (κ1) is 13.5. The van der Waals surface area contributed by atoms with E-state index in [4.69, 9.17) is 10.00 Å². The van der Waals surface area contributed by atoms with Crippen LogP contribution in [-0.2, 0) is 4.74 Å². The van der Waals surface area contributed by atoms with E-state index in [1.165, 1.54) is 12.8 Å². The molecular formula is C13H24N2O. The monoisotopic (exact) mass is 224 g/mol. The highest BCUT2D eigenvalue weighted by Crippen LogP contribution is 2.47. The van der Waals surface area contributed by atoms with Gasteiger partial charge < -0.3 is 10.1 Å². The molecule has 0 heterocycles. The van der Waals surface area contributed by atoms with Crippen molar-refractivity contribution in [1.82, 2.24) is 5.32 Å². The van der Waals surface area contributed by atoms with Gasteiger partial charge in [-0.1, -0.05) is 13.8 Å². The zero-order chi connectivity index (χ0) is 12.0. The predicted octanol–water partition coefficient (Wildman–Crippen LogP) is 2.33. The van der Waals surface area contributed by atoms with Gasteiger partial charge in [0, 0.05) is 25.6 Å². The Balaban J connectivity index is 2.30. The van der Waals surface area contributed by atoms with Crippen LogP contribution in [0.4, 0.5) is 0 Å². The van der Waals surface area contributed by atoms with Gasteiger partial charge in [-0.05, 0) is 31.1 Å². The van der Waals surface area contributed by atoms with Crippen molar-refractivity contribution >= 4 is 0 Å². The van der Waals surface area contributed by atoms with Crippen LogP contribution in [0.5, 0.6) is 0 Å². The second-order valence-corrected chi connectivity index (χ2v) is 5.23. The lowest BCUT2D eigenvalue weighted by Gasteiger charge is -2.24. The van der Waals surface area contributed by atoms with Gasteiger partial charge >= 0.3 is 0 Å². The molecule has 1 atom stereocenters. The summed E-state index contributed by atoms with van der Waals surface area (Å²) in [6.07, 6.45) is 3.10. The Morgan fingerprint density at radius 1 is 1.44 bits per heavy atom. The van der Waals surface area contributed by atoms with Gasteiger partial charge in [0.15, 0.2) is 0 Å². The topological polar surface area (TPSA) is 45.0 Å². The van der Waals surface area contributed by atoms with Crippen LogP contribution in [0.15, 0.2) is 0 Å². The zero-order valence-electron chi connectivity index (χ0n) is 10.8. The van der Waals surface area contributed by atoms with Crippen molar-refractivity contribution in [2.45, 2.75) is 46.1 Å². The number of rotatable bonds is 8. The Hall–Kier alpha value is -0.590. The average Bonchev–Trinajstić information content (AvgIpc) is 2.98. The standard InChI is InChI=1S/C13H24N2O/c1-4-16-9-12(11(2)3)15-10-13(5-6-13)7-8-14/h11-12,15H,4-7,9-10H2,1-3H3. The molecule has 1 saturated carbocycles. The van der Waals surface area contributed by atoms with Crippen molar-refractivity contribution < 1.29 is 4.74 Å². The van der Waals surface area contributed by atoms with Gasteiger partial charge in [-0.3, -0.25) is 0 Å². The Labute approximate surface area is 99.2 Å². The van der Waals surface area contributed by atoms with Crippen LogP contribution in [0.2, 0.25) is 0 Å². The molecule has 92 valence electrons. The second-order valence-electron chi connectivity index (χ2n) is 5.23. The fourth-order valence-corrected chi connectivity index (χ4v) is 1.84. The summed E-state index contributed by atoms with van der Waals surface area (Å²) in [4.78, 5) is 0. The number of nitrogens with zero attached hydrogens (tertiary/aromatic N) is 1. The van der Waals surface area contributed by atoms with Crippen LogP contribution in [-0.4, -0.2) is 25.8 Å². The molecule has 0 aromatic rings. The molecule has 1 aliphatic rings. The van der Waals surface area contributed by atoms with Crippen LogP contribution < -0.4 is 5.32 Å². The minimum atomic E-state index is 0.286. The summed E-state index contributed by atoms with van der Waals surface area (Å²) in [6.45, 7) is 8.96. The van der Waals surface area contributed by atoms with Crippen molar-refractivity contribution in [2.24, 2.45) is 11.3 Å². The summed E-state index contributed by atoms with van der Waals surface area (Å²) in [5.41, 5.74) is 0.286. The van der Waals surface area contributed by atoms with Gasteiger partial charge in [-0.15, -0.1) is 0 Å². The maximum absolute atomic E-state index is 8.76. The Morgan fingerprint density at radius 2 is 2.12 bits per heavy atom. The molecule has 0 amide bonds. The molecular weight excluding hydrogens is 200 g/mol. The molecule has 1 aliphatic carbocycles. The lowest BCUT2D eigenvalue weighted by atomic mass is 10.0. The molecule has 0 spiro atoms. The van der Waals surface area contributed by atoms with Crippen molar-refractivity contribution in [2.75, 3.05) is 19.8 Å². The first-order valence-corrected chi connectivity index (χ1v) is 6.31. The fourth-order valence-electron chi connectivity index (χ4n) is 1.84. The Kier molecular flexibility index (Phi) is 5.24. The molecule has 0 bridgehead atoms. The van der Waals surface area contributed by atoms with Crippen molar-refractivity contribution in [3.63, 3.8) is 0 Å². The van der Waals surface area contributed by atoms with Crippen LogP contribution in [0.3, 0.4) is 0 Å². The van der Waals surface area contributed by atoms with Crippen molar-refractivity contribution in [3.05, 3.63) is 0 Å². The van der Waals surface area contributed by atoms with Crippen LogP contribution in [0.25, 0.3) is 0 Å². The molecule has 0 aromatic heterocycles. The van der Waals surface area contributed by atoms with Gasteiger partial charge in [0.1, 0.15) is 0 Å². The summed E-state index contributed by atoms with van der Waals surface area (Å²) < 4.78 is 5.48. The molecule has 1 unspecified atom stereocenters. The van der Waals surface area contributed by atoms with E-state index in [1.807, 2.05) is 6.92 Å². The molecule has 0 saturated heterocycles. The number of nitriles is 1. The normalized spacial score (nSPS) is 19.4. The van der Waals surface area contributed by atoms with Gasteiger partial charge in [-0.25, -0.2) is 0 Å².